The first-order valence-corrected chi connectivity index (χ1v) is 13.2. The highest BCUT2D eigenvalue weighted by atomic mass is 32.1. The molecule has 2 aliphatic heterocycles. The summed E-state index contributed by atoms with van der Waals surface area (Å²) in [5.74, 6) is 1.57. The van der Waals surface area contributed by atoms with Gasteiger partial charge >= 0.3 is 0 Å². The molecule has 2 aromatic carbocycles. The molecular formula is C28H30N2O6S. The molecule has 8 nitrogen and oxygen atoms in total. The molecule has 0 saturated carbocycles. The molecule has 3 heterocycles. The second-order valence-electron chi connectivity index (χ2n) is 8.92. The molecule has 2 aliphatic rings. The minimum Gasteiger partial charge on any atom is -0.491 e. The molecule has 1 unspecified atom stereocenters. The van der Waals surface area contributed by atoms with Crippen LogP contribution in [0, 0.1) is 0 Å². The number of fused-ring (bicyclic) bond motifs is 2. The van der Waals surface area contributed by atoms with Crippen LogP contribution < -0.4 is 14.2 Å². The quantitative estimate of drug-likeness (QED) is 0.372. The third-order valence-corrected chi connectivity index (χ3v) is 7.57. The van der Waals surface area contributed by atoms with E-state index in [1.54, 1.807) is 41.5 Å². The molecule has 2 amide bonds. The average molecular weight is 523 g/mol. The van der Waals surface area contributed by atoms with Crippen LogP contribution in [0.3, 0.4) is 0 Å². The monoisotopic (exact) mass is 522 g/mol. The number of thiophene rings is 1. The smallest absolute Gasteiger partial charge is 0.254 e. The van der Waals surface area contributed by atoms with Crippen molar-refractivity contribution >= 4 is 23.2 Å². The van der Waals surface area contributed by atoms with Crippen LogP contribution in [0.4, 0.5) is 0 Å². The van der Waals surface area contributed by atoms with Gasteiger partial charge in [-0.2, -0.15) is 0 Å². The summed E-state index contributed by atoms with van der Waals surface area (Å²) in [5.41, 5.74) is 1.57. The molecular weight excluding hydrogens is 492 g/mol. The molecule has 0 bridgehead atoms. The first-order valence-electron chi connectivity index (χ1n) is 12.4. The van der Waals surface area contributed by atoms with Crippen LogP contribution >= 0.6 is 11.3 Å². The van der Waals surface area contributed by atoms with Gasteiger partial charge in [0.15, 0.2) is 11.5 Å². The summed E-state index contributed by atoms with van der Waals surface area (Å²) >= 11 is 1.71. The maximum atomic E-state index is 13.7. The van der Waals surface area contributed by atoms with Crippen LogP contribution in [0.1, 0.15) is 33.3 Å². The van der Waals surface area contributed by atoms with Gasteiger partial charge in [0.25, 0.3) is 5.91 Å². The molecule has 5 rings (SSSR count). The number of carbonyl (C=O) groups excluding carboxylic acids is 2. The zero-order valence-corrected chi connectivity index (χ0v) is 21.6. The van der Waals surface area contributed by atoms with Gasteiger partial charge in [-0.25, -0.2) is 0 Å². The summed E-state index contributed by atoms with van der Waals surface area (Å²) in [5, 5.41) is 2.06. The molecule has 0 radical (unpaired) electrons. The maximum Gasteiger partial charge on any atom is 0.254 e. The van der Waals surface area contributed by atoms with Gasteiger partial charge in [0.05, 0.1) is 6.04 Å². The van der Waals surface area contributed by atoms with Gasteiger partial charge in [-0.05, 0) is 60.2 Å². The van der Waals surface area contributed by atoms with Gasteiger partial charge in [-0.1, -0.05) is 18.2 Å². The number of hydrogen-bond acceptors (Lipinski definition) is 7. The molecule has 0 N–H and O–H groups in total. The van der Waals surface area contributed by atoms with Crippen molar-refractivity contribution in [3.63, 3.8) is 0 Å². The zero-order valence-electron chi connectivity index (χ0n) is 20.8. The molecule has 0 aliphatic carbocycles. The Morgan fingerprint density at radius 1 is 1.11 bits per heavy atom. The Hall–Kier alpha value is -3.56. The minimum absolute atomic E-state index is 0.0295. The summed E-state index contributed by atoms with van der Waals surface area (Å²) in [6.07, 6.45) is 1.41. The third kappa shape index (κ3) is 5.73. The largest absolute Gasteiger partial charge is 0.491 e. The Labute approximate surface area is 220 Å². The number of methoxy groups -OCH3 is 1. The van der Waals surface area contributed by atoms with Crippen molar-refractivity contribution in [2.24, 2.45) is 0 Å². The predicted octanol–water partition coefficient (Wildman–Crippen LogP) is 4.16. The van der Waals surface area contributed by atoms with E-state index in [0.29, 0.717) is 49.8 Å². The number of nitrogens with zero attached hydrogens (tertiary/aromatic N) is 2. The van der Waals surface area contributed by atoms with Crippen LogP contribution in [0.2, 0.25) is 0 Å². The van der Waals surface area contributed by atoms with Crippen LogP contribution in [-0.2, 0) is 16.0 Å². The lowest BCUT2D eigenvalue weighted by atomic mass is 10.0. The summed E-state index contributed by atoms with van der Waals surface area (Å²) in [4.78, 5) is 31.9. The Morgan fingerprint density at radius 2 is 1.95 bits per heavy atom. The molecule has 37 heavy (non-hydrogen) atoms. The van der Waals surface area contributed by atoms with Crippen molar-refractivity contribution in [3.8, 4) is 17.2 Å². The molecule has 9 heteroatoms. The molecule has 3 aromatic rings. The van der Waals surface area contributed by atoms with Gasteiger partial charge < -0.3 is 28.7 Å². The molecule has 1 atom stereocenters. The third-order valence-electron chi connectivity index (χ3n) is 6.58. The molecule has 0 spiro atoms. The topological polar surface area (TPSA) is 77.5 Å². The first-order chi connectivity index (χ1) is 18.1. The van der Waals surface area contributed by atoms with E-state index < -0.39 is 0 Å². The van der Waals surface area contributed by atoms with Gasteiger partial charge in [-0.15, -0.1) is 11.3 Å². The molecule has 194 valence electrons. The van der Waals surface area contributed by atoms with Crippen molar-refractivity contribution in [3.05, 3.63) is 76.0 Å². The number of rotatable bonds is 10. The van der Waals surface area contributed by atoms with E-state index in [0.717, 1.165) is 17.7 Å². The van der Waals surface area contributed by atoms with Crippen LogP contribution in [0.15, 0.2) is 60.0 Å². The normalized spacial score (nSPS) is 15.8. The van der Waals surface area contributed by atoms with Gasteiger partial charge in [0.2, 0.25) is 12.7 Å². The summed E-state index contributed by atoms with van der Waals surface area (Å²) in [7, 11) is 1.62. The Bertz CT molecular complexity index is 1230. The summed E-state index contributed by atoms with van der Waals surface area (Å²) in [6.45, 7) is 1.93. The fourth-order valence-corrected chi connectivity index (χ4v) is 5.61. The fraction of sp³-hybridized carbons (Fsp3) is 0.357. The summed E-state index contributed by atoms with van der Waals surface area (Å²) < 4.78 is 22.1. The molecule has 0 saturated heterocycles. The van der Waals surface area contributed by atoms with E-state index in [4.69, 9.17) is 18.9 Å². The maximum absolute atomic E-state index is 13.7. The number of amides is 2. The molecule has 1 aromatic heterocycles. The average Bonchev–Trinajstić information content (AvgIpc) is 3.60. The lowest BCUT2D eigenvalue weighted by molar-refractivity contribution is -0.135. The van der Waals surface area contributed by atoms with Crippen LogP contribution in [-0.4, -0.2) is 68.4 Å². The fourth-order valence-electron chi connectivity index (χ4n) is 4.68. The van der Waals surface area contributed by atoms with Crippen molar-refractivity contribution in [1.82, 2.24) is 9.80 Å². The van der Waals surface area contributed by atoms with Crippen molar-refractivity contribution in [2.75, 3.05) is 46.8 Å². The number of ether oxygens (including phenoxy) is 4. The van der Waals surface area contributed by atoms with E-state index in [9.17, 15) is 9.59 Å². The predicted molar refractivity (Wildman–Crippen MR) is 139 cm³/mol. The highest BCUT2D eigenvalue weighted by Gasteiger charge is 2.34. The minimum atomic E-state index is -0.229. The summed E-state index contributed by atoms with van der Waals surface area (Å²) in [6, 6.07) is 16.6. The van der Waals surface area contributed by atoms with Crippen molar-refractivity contribution in [2.45, 2.75) is 18.9 Å². The molecule has 0 fully saturated rings. The number of benzene rings is 2. The number of para-hydroxylation sites is 1. The van der Waals surface area contributed by atoms with E-state index in [2.05, 4.69) is 11.4 Å². The van der Waals surface area contributed by atoms with Gasteiger partial charge in [0.1, 0.15) is 18.9 Å². The SMILES string of the molecule is COCCCN(CC(=O)N1CCc2sccc2C1COc1ccccc1)C(=O)c1ccc2c(c1)OCO2. The number of hydrogen-bond donors (Lipinski definition) is 0. The van der Waals surface area contributed by atoms with Crippen LogP contribution in [0.5, 0.6) is 17.2 Å². The van der Waals surface area contributed by atoms with Crippen molar-refractivity contribution < 1.29 is 28.5 Å². The zero-order chi connectivity index (χ0) is 25.6. The lowest BCUT2D eigenvalue weighted by Crippen LogP contribution is -2.48. The highest BCUT2D eigenvalue weighted by molar-refractivity contribution is 7.10. The second-order valence-corrected chi connectivity index (χ2v) is 9.92. The van der Waals surface area contributed by atoms with E-state index in [1.165, 1.54) is 4.88 Å². The Morgan fingerprint density at radius 3 is 2.78 bits per heavy atom. The highest BCUT2D eigenvalue weighted by Crippen LogP contribution is 2.35. The lowest BCUT2D eigenvalue weighted by Gasteiger charge is -2.37. The second kappa shape index (κ2) is 11.7. The Kier molecular flexibility index (Phi) is 7.91. The van der Waals surface area contributed by atoms with Crippen LogP contribution in [0.25, 0.3) is 0 Å². The Balaban J connectivity index is 1.33. The van der Waals surface area contributed by atoms with E-state index in [1.807, 2.05) is 35.2 Å². The van der Waals surface area contributed by atoms with Gasteiger partial charge in [-0.3, -0.25) is 9.59 Å². The first kappa shape index (κ1) is 25.1. The van der Waals surface area contributed by atoms with Crippen molar-refractivity contribution in [1.29, 1.82) is 0 Å². The number of carbonyl (C=O) groups is 2. The standard InChI is InChI=1S/C28H30N2O6S/c1-33-14-5-12-29(28(32)20-8-9-24-25(16-20)36-19-35-24)17-27(31)30-13-10-26-22(11-15-37-26)23(30)18-34-21-6-3-2-4-7-21/h2-4,6-9,11,15-16,23H,5,10,12-14,17-19H2,1H3. The van der Waals surface area contributed by atoms with E-state index >= 15 is 0 Å². The van der Waals surface area contributed by atoms with Gasteiger partial charge in [0, 0.05) is 37.2 Å². The van der Waals surface area contributed by atoms with E-state index in [-0.39, 0.29) is 31.2 Å².